The lowest BCUT2D eigenvalue weighted by atomic mass is 10.1. The zero-order valence-corrected chi connectivity index (χ0v) is 14.9. The summed E-state index contributed by atoms with van der Waals surface area (Å²) in [5, 5.41) is 0.886. The fourth-order valence-corrected chi connectivity index (χ4v) is 3.00. The lowest BCUT2D eigenvalue weighted by Gasteiger charge is -2.09. The van der Waals surface area contributed by atoms with E-state index in [1.54, 1.807) is 32.0 Å². The highest BCUT2D eigenvalue weighted by Gasteiger charge is 2.17. The summed E-state index contributed by atoms with van der Waals surface area (Å²) in [6.45, 7) is 3.33. The van der Waals surface area contributed by atoms with Crippen LogP contribution in [0.2, 0.25) is 10.2 Å². The standard InChI is InChI=1S/C17H13Cl2N3O3/c1-8-5-9(2)20-15(19)14(8)17(24)25-7-13-21-12-4-3-10(18)6-11(12)16(23)22-13/h3-6H,7H2,1-2H3,(H,21,22,23). The molecule has 0 saturated carbocycles. The predicted octanol–water partition coefficient (Wildman–Crippen LogP) is 3.60. The molecule has 3 rings (SSSR count). The van der Waals surface area contributed by atoms with Crippen molar-refractivity contribution in [3.8, 4) is 0 Å². The minimum atomic E-state index is -0.631. The minimum Gasteiger partial charge on any atom is -0.454 e. The number of carbonyl (C=O) groups is 1. The zero-order chi connectivity index (χ0) is 18.1. The minimum absolute atomic E-state index is 0.0807. The third-order valence-electron chi connectivity index (χ3n) is 3.56. The van der Waals surface area contributed by atoms with E-state index in [1.807, 2.05) is 0 Å². The maximum Gasteiger partial charge on any atom is 0.342 e. The Bertz CT molecular complexity index is 1020. The topological polar surface area (TPSA) is 84.9 Å². The molecule has 2 aromatic heterocycles. The number of hydrogen-bond donors (Lipinski definition) is 1. The number of nitrogens with one attached hydrogen (secondary N) is 1. The molecular formula is C17H13Cl2N3O3. The highest BCUT2D eigenvalue weighted by Crippen LogP contribution is 2.20. The summed E-state index contributed by atoms with van der Waals surface area (Å²) in [6, 6.07) is 6.53. The maximum absolute atomic E-state index is 12.3. The molecule has 0 aliphatic heterocycles. The summed E-state index contributed by atoms with van der Waals surface area (Å²) in [7, 11) is 0. The van der Waals surface area contributed by atoms with E-state index in [-0.39, 0.29) is 28.7 Å². The molecule has 1 aromatic carbocycles. The lowest BCUT2D eigenvalue weighted by Crippen LogP contribution is -2.15. The number of benzene rings is 1. The van der Waals surface area contributed by atoms with E-state index in [4.69, 9.17) is 27.9 Å². The summed E-state index contributed by atoms with van der Waals surface area (Å²) >= 11 is 11.9. The van der Waals surface area contributed by atoms with E-state index in [1.165, 1.54) is 6.07 Å². The van der Waals surface area contributed by atoms with Crippen molar-refractivity contribution < 1.29 is 9.53 Å². The third kappa shape index (κ3) is 3.65. The molecular weight excluding hydrogens is 365 g/mol. The van der Waals surface area contributed by atoms with E-state index < -0.39 is 5.97 Å². The molecule has 0 aliphatic rings. The first-order valence-corrected chi connectivity index (χ1v) is 8.10. The monoisotopic (exact) mass is 377 g/mol. The van der Waals surface area contributed by atoms with Crippen LogP contribution in [0.5, 0.6) is 0 Å². The summed E-state index contributed by atoms with van der Waals surface area (Å²) < 4.78 is 5.22. The molecule has 0 saturated heterocycles. The molecule has 128 valence electrons. The molecule has 0 spiro atoms. The molecule has 0 atom stereocenters. The van der Waals surface area contributed by atoms with Gasteiger partial charge in [0.2, 0.25) is 0 Å². The highest BCUT2D eigenvalue weighted by molar-refractivity contribution is 6.32. The molecule has 0 amide bonds. The maximum atomic E-state index is 12.3. The summed E-state index contributed by atoms with van der Waals surface area (Å²) in [6.07, 6.45) is 0. The summed E-state index contributed by atoms with van der Waals surface area (Å²) in [4.78, 5) is 35.3. The quantitative estimate of drug-likeness (QED) is 0.556. The number of aromatic amines is 1. The van der Waals surface area contributed by atoms with Gasteiger partial charge in [0.25, 0.3) is 5.56 Å². The van der Waals surface area contributed by atoms with E-state index in [0.717, 1.165) is 0 Å². The van der Waals surface area contributed by atoms with Crippen molar-refractivity contribution >= 4 is 40.1 Å². The van der Waals surface area contributed by atoms with Crippen LogP contribution in [-0.2, 0) is 11.3 Å². The van der Waals surface area contributed by atoms with Crippen LogP contribution >= 0.6 is 23.2 Å². The van der Waals surface area contributed by atoms with Gasteiger partial charge in [-0.2, -0.15) is 0 Å². The van der Waals surface area contributed by atoms with Crippen molar-refractivity contribution in [2.24, 2.45) is 0 Å². The first-order chi connectivity index (χ1) is 11.8. The van der Waals surface area contributed by atoms with Gasteiger partial charge in [-0.3, -0.25) is 4.79 Å². The highest BCUT2D eigenvalue weighted by atomic mass is 35.5. The van der Waals surface area contributed by atoms with E-state index >= 15 is 0 Å². The van der Waals surface area contributed by atoms with Gasteiger partial charge in [0.15, 0.2) is 0 Å². The molecule has 0 bridgehead atoms. The number of rotatable bonds is 3. The molecule has 0 aliphatic carbocycles. The van der Waals surface area contributed by atoms with Crippen LogP contribution < -0.4 is 5.56 Å². The third-order valence-corrected chi connectivity index (χ3v) is 4.07. The van der Waals surface area contributed by atoms with Gasteiger partial charge in [-0.15, -0.1) is 0 Å². The molecule has 3 aromatic rings. The molecule has 6 nitrogen and oxygen atoms in total. The zero-order valence-electron chi connectivity index (χ0n) is 13.4. The number of halogens is 2. The fourth-order valence-electron chi connectivity index (χ4n) is 2.47. The Labute approximate surface area is 152 Å². The van der Waals surface area contributed by atoms with Crippen molar-refractivity contribution in [3.05, 3.63) is 67.4 Å². The van der Waals surface area contributed by atoms with Gasteiger partial charge in [-0.25, -0.2) is 14.8 Å². The van der Waals surface area contributed by atoms with Gasteiger partial charge >= 0.3 is 5.97 Å². The number of esters is 1. The number of ether oxygens (including phenoxy) is 1. The lowest BCUT2D eigenvalue weighted by molar-refractivity contribution is 0.0461. The van der Waals surface area contributed by atoms with Crippen LogP contribution in [0.3, 0.4) is 0 Å². The van der Waals surface area contributed by atoms with Gasteiger partial charge < -0.3 is 9.72 Å². The van der Waals surface area contributed by atoms with E-state index in [9.17, 15) is 9.59 Å². The Kier molecular flexibility index (Phi) is 4.74. The van der Waals surface area contributed by atoms with Crippen molar-refractivity contribution in [2.45, 2.75) is 20.5 Å². The number of aromatic nitrogens is 3. The first kappa shape index (κ1) is 17.4. The van der Waals surface area contributed by atoms with Crippen molar-refractivity contribution in [2.75, 3.05) is 0 Å². The van der Waals surface area contributed by atoms with Gasteiger partial charge in [0, 0.05) is 10.7 Å². The molecule has 1 N–H and O–H groups in total. The second-order valence-corrected chi connectivity index (χ2v) is 6.29. The normalized spacial score (nSPS) is 10.9. The molecule has 0 unspecified atom stereocenters. The Morgan fingerprint density at radius 1 is 1.20 bits per heavy atom. The first-order valence-electron chi connectivity index (χ1n) is 7.34. The van der Waals surface area contributed by atoms with Crippen molar-refractivity contribution in [3.63, 3.8) is 0 Å². The Hall–Kier alpha value is -2.44. The van der Waals surface area contributed by atoms with Crippen molar-refractivity contribution in [1.29, 1.82) is 0 Å². The Morgan fingerprint density at radius 2 is 1.96 bits per heavy atom. The fraction of sp³-hybridized carbons (Fsp3) is 0.176. The van der Waals surface area contributed by atoms with Crippen LogP contribution in [0.15, 0.2) is 29.1 Å². The number of carbonyl (C=O) groups excluding carboxylic acids is 1. The summed E-state index contributed by atoms with van der Waals surface area (Å²) in [5.41, 5.74) is 1.67. The van der Waals surface area contributed by atoms with Crippen LogP contribution in [0.4, 0.5) is 0 Å². The number of pyridine rings is 1. The molecule has 2 heterocycles. The molecule has 25 heavy (non-hydrogen) atoms. The second kappa shape index (κ2) is 6.82. The van der Waals surface area contributed by atoms with Crippen LogP contribution in [0.25, 0.3) is 10.9 Å². The van der Waals surface area contributed by atoms with Gasteiger partial charge in [-0.05, 0) is 43.7 Å². The average molecular weight is 378 g/mol. The van der Waals surface area contributed by atoms with Crippen LogP contribution in [-0.4, -0.2) is 20.9 Å². The molecule has 0 radical (unpaired) electrons. The number of hydrogen-bond acceptors (Lipinski definition) is 5. The van der Waals surface area contributed by atoms with Gasteiger partial charge in [0.1, 0.15) is 17.6 Å². The Morgan fingerprint density at radius 3 is 2.68 bits per heavy atom. The smallest absolute Gasteiger partial charge is 0.342 e. The predicted molar refractivity (Wildman–Crippen MR) is 95.2 cm³/mol. The Balaban J connectivity index is 1.84. The summed E-state index contributed by atoms with van der Waals surface area (Å²) in [5.74, 6) is -0.407. The second-order valence-electron chi connectivity index (χ2n) is 5.50. The van der Waals surface area contributed by atoms with E-state index in [0.29, 0.717) is 27.2 Å². The average Bonchev–Trinajstić information content (AvgIpc) is 2.52. The van der Waals surface area contributed by atoms with E-state index in [2.05, 4.69) is 15.0 Å². The van der Waals surface area contributed by atoms with Gasteiger partial charge in [0.05, 0.1) is 16.5 Å². The number of fused-ring (bicyclic) bond motifs is 1. The molecule has 8 heteroatoms. The number of H-pyrrole nitrogens is 1. The van der Waals surface area contributed by atoms with Crippen molar-refractivity contribution in [1.82, 2.24) is 15.0 Å². The van der Waals surface area contributed by atoms with Crippen LogP contribution in [0.1, 0.15) is 27.4 Å². The van der Waals surface area contributed by atoms with Gasteiger partial charge in [-0.1, -0.05) is 23.2 Å². The SMILES string of the molecule is Cc1cc(C)c(C(=O)OCc2nc3ccc(Cl)cc3c(=O)[nH]2)c(Cl)n1. The number of nitrogens with zero attached hydrogens (tertiary/aromatic N) is 2. The van der Waals surface area contributed by atoms with Crippen LogP contribution in [0, 0.1) is 13.8 Å². The molecule has 0 fully saturated rings. The number of aryl methyl sites for hydroxylation is 2. The largest absolute Gasteiger partial charge is 0.454 e.